The third-order valence-corrected chi connectivity index (χ3v) is 16.2. The normalized spacial score (nSPS) is 14.1. The third kappa shape index (κ3) is 63.4. The standard InChI is InChI=1S/C74H133N2O7P/c1-7-10-13-16-19-22-25-28-30-32-34-35-36-37-38-39-40-41-43-45-47-49-52-55-58-61-64-67-74(78)83-72(65-62-59-56-53-50-27-24-21-18-15-12-9-3)71(70-82-84(79,80)81-69-68-76(4,5)6)75-73(77)66-63-60-57-54-51-48-46-44-42-33-31-29-26-23-20-17-14-11-8-2/h19-20,22-23,28-31,34-35,42,44,48,51,62,65,71-72H,7-18,21,24-27,32-33,36-41,43,45-47,49-50,52-61,63-64,66-70H2,1-6H3,(H-,75,77,79,80)/b22-19-,23-20-,30-28-,31-29-,35-34-,44-42-,51-48-,65-62-. The lowest BCUT2D eigenvalue weighted by molar-refractivity contribution is -0.870. The van der Waals surface area contributed by atoms with E-state index in [1.807, 2.05) is 33.3 Å². The molecule has 0 radical (unpaired) electrons. The number of phosphoric acid groups is 1. The van der Waals surface area contributed by atoms with E-state index in [0.29, 0.717) is 17.4 Å². The van der Waals surface area contributed by atoms with Crippen molar-refractivity contribution in [1.82, 2.24) is 5.32 Å². The molecule has 0 aliphatic carbocycles. The van der Waals surface area contributed by atoms with Crippen molar-refractivity contribution in [2.75, 3.05) is 40.9 Å². The van der Waals surface area contributed by atoms with Gasteiger partial charge in [-0.2, -0.15) is 0 Å². The summed E-state index contributed by atoms with van der Waals surface area (Å²) >= 11 is 0. The number of allylic oxidation sites excluding steroid dienone is 15. The Labute approximate surface area is 519 Å². The van der Waals surface area contributed by atoms with Gasteiger partial charge in [0.05, 0.1) is 33.8 Å². The number of esters is 1. The Morgan fingerprint density at radius 2 is 0.726 bits per heavy atom. The number of likely N-dealkylation sites (N-methyl/N-ethyl adjacent to an activating group) is 1. The lowest BCUT2D eigenvalue weighted by Crippen LogP contribution is -2.47. The summed E-state index contributed by atoms with van der Waals surface area (Å²) in [5.41, 5.74) is 0. The summed E-state index contributed by atoms with van der Waals surface area (Å²) < 4.78 is 30.4. The number of unbranched alkanes of at least 4 members (excludes halogenated alkanes) is 33. The maximum absolute atomic E-state index is 13.6. The van der Waals surface area contributed by atoms with Gasteiger partial charge in [-0.15, -0.1) is 0 Å². The molecule has 1 amide bonds. The molecule has 0 aromatic carbocycles. The molecule has 1 N–H and O–H groups in total. The van der Waals surface area contributed by atoms with Crippen LogP contribution in [0.1, 0.15) is 310 Å². The lowest BCUT2D eigenvalue weighted by atomic mass is 10.0. The molecule has 0 aromatic heterocycles. The first-order valence-electron chi connectivity index (χ1n) is 35.0. The van der Waals surface area contributed by atoms with Crippen molar-refractivity contribution in [3.8, 4) is 0 Å². The lowest BCUT2D eigenvalue weighted by Gasteiger charge is -2.30. The van der Waals surface area contributed by atoms with Crippen molar-refractivity contribution in [2.45, 2.75) is 322 Å². The van der Waals surface area contributed by atoms with Crippen molar-refractivity contribution >= 4 is 19.7 Å². The number of nitrogens with one attached hydrogen (secondary N) is 1. The van der Waals surface area contributed by atoms with E-state index in [-0.39, 0.29) is 31.3 Å². The fourth-order valence-electron chi connectivity index (χ4n) is 9.81. The molecule has 0 saturated heterocycles. The van der Waals surface area contributed by atoms with Crippen molar-refractivity contribution in [3.05, 3.63) is 97.2 Å². The summed E-state index contributed by atoms with van der Waals surface area (Å²) in [5, 5.41) is 3.02. The smallest absolute Gasteiger partial charge is 0.306 e. The number of carbonyl (C=O) groups is 2. The number of carbonyl (C=O) groups excluding carboxylic acids is 2. The van der Waals surface area contributed by atoms with Crippen LogP contribution >= 0.6 is 7.82 Å². The Bertz CT molecular complexity index is 1760. The number of hydrogen-bond acceptors (Lipinski definition) is 7. The molecule has 0 bridgehead atoms. The highest BCUT2D eigenvalue weighted by Crippen LogP contribution is 2.38. The van der Waals surface area contributed by atoms with E-state index in [4.69, 9.17) is 13.8 Å². The van der Waals surface area contributed by atoms with Crippen molar-refractivity contribution < 1.29 is 37.3 Å². The Hall–Kier alpha value is -3.07. The van der Waals surface area contributed by atoms with Gasteiger partial charge in [-0.3, -0.25) is 14.2 Å². The highest BCUT2D eigenvalue weighted by Gasteiger charge is 2.27. The molecule has 486 valence electrons. The van der Waals surface area contributed by atoms with Gasteiger partial charge in [-0.1, -0.05) is 279 Å². The SMILES string of the molecule is CCCCC/C=C\C/C=C\C/C=C\C/C=C\CCCCCC(=O)NC(COP(=O)([O-])OCC[N+](C)(C)C)C(/C=C\CCCCCCCCCCCC)OC(=O)CCCCCCCCCCCCCCCC/C=C\C/C=C\C/C=C\CCCCC. The zero-order valence-corrected chi connectivity index (χ0v) is 56.5. The molecular weight excluding hydrogens is 1060 g/mol. The molecule has 0 aromatic rings. The summed E-state index contributed by atoms with van der Waals surface area (Å²) in [7, 11) is 1.16. The second kappa shape index (κ2) is 63.0. The van der Waals surface area contributed by atoms with E-state index in [9.17, 15) is 19.0 Å². The number of ether oxygens (including phenoxy) is 1. The molecule has 84 heavy (non-hydrogen) atoms. The van der Waals surface area contributed by atoms with Gasteiger partial charge in [0.1, 0.15) is 19.3 Å². The predicted octanol–water partition coefficient (Wildman–Crippen LogP) is 21.7. The first-order valence-corrected chi connectivity index (χ1v) is 36.5. The van der Waals surface area contributed by atoms with E-state index in [0.717, 1.165) is 89.9 Å². The van der Waals surface area contributed by atoms with E-state index in [2.05, 4.69) is 111 Å². The number of hydrogen-bond donors (Lipinski definition) is 1. The zero-order valence-electron chi connectivity index (χ0n) is 55.6. The van der Waals surface area contributed by atoms with Crippen molar-refractivity contribution in [2.24, 2.45) is 0 Å². The molecule has 9 nitrogen and oxygen atoms in total. The van der Waals surface area contributed by atoms with Crippen LogP contribution in [0.4, 0.5) is 0 Å². The van der Waals surface area contributed by atoms with Crippen LogP contribution in [0, 0.1) is 0 Å². The van der Waals surface area contributed by atoms with E-state index in [1.165, 1.54) is 180 Å². The van der Waals surface area contributed by atoms with Crippen LogP contribution in [0.15, 0.2) is 97.2 Å². The molecule has 0 aliphatic rings. The number of rotatable bonds is 63. The molecule has 0 heterocycles. The van der Waals surface area contributed by atoms with Gasteiger partial charge in [0.15, 0.2) is 0 Å². The molecule has 3 atom stereocenters. The first kappa shape index (κ1) is 80.9. The van der Waals surface area contributed by atoms with Crippen molar-refractivity contribution in [3.63, 3.8) is 0 Å². The molecule has 0 saturated carbocycles. The average molecular weight is 1190 g/mol. The van der Waals surface area contributed by atoms with Crippen LogP contribution in [0.25, 0.3) is 0 Å². The van der Waals surface area contributed by atoms with E-state index in [1.54, 1.807) is 0 Å². The van der Waals surface area contributed by atoms with Gasteiger partial charge in [0.25, 0.3) is 7.82 Å². The molecular formula is C74H133N2O7P. The Kier molecular flexibility index (Phi) is 60.7. The number of amides is 1. The minimum atomic E-state index is -4.72. The molecule has 3 unspecified atom stereocenters. The fourth-order valence-corrected chi connectivity index (χ4v) is 10.5. The molecule has 0 aliphatic heterocycles. The number of quaternary nitrogens is 1. The third-order valence-electron chi connectivity index (χ3n) is 15.2. The summed E-state index contributed by atoms with van der Waals surface area (Å²) in [6.07, 6.45) is 85.3. The molecule has 0 rings (SSSR count). The van der Waals surface area contributed by atoms with E-state index < -0.39 is 26.6 Å². The highest BCUT2D eigenvalue weighted by atomic mass is 31.2. The fraction of sp³-hybridized carbons (Fsp3) is 0.757. The van der Waals surface area contributed by atoms with Crippen LogP contribution in [-0.2, 0) is 27.9 Å². The summed E-state index contributed by atoms with van der Waals surface area (Å²) in [5.74, 6) is -0.575. The maximum Gasteiger partial charge on any atom is 0.306 e. The summed E-state index contributed by atoms with van der Waals surface area (Å²) in [4.78, 5) is 40.1. The van der Waals surface area contributed by atoms with Crippen LogP contribution < -0.4 is 10.2 Å². The highest BCUT2D eigenvalue weighted by molar-refractivity contribution is 7.45. The summed E-state index contributed by atoms with van der Waals surface area (Å²) in [6.45, 7) is 6.78. The average Bonchev–Trinajstić information content (AvgIpc) is 3.64. The van der Waals surface area contributed by atoms with Crippen molar-refractivity contribution in [1.29, 1.82) is 0 Å². The molecule has 10 heteroatoms. The second-order valence-corrected chi connectivity index (χ2v) is 26.1. The molecule has 0 fully saturated rings. The van der Waals surface area contributed by atoms with Gasteiger partial charge in [-0.05, 0) is 115 Å². The maximum atomic E-state index is 13.6. The van der Waals surface area contributed by atoms with Gasteiger partial charge < -0.3 is 28.5 Å². The minimum absolute atomic E-state index is 0.0321. The summed E-state index contributed by atoms with van der Waals surface area (Å²) in [6, 6.07) is -0.911. The largest absolute Gasteiger partial charge is 0.756 e. The Balaban J connectivity index is 5.10. The molecule has 0 spiro atoms. The number of nitrogens with zero attached hydrogens (tertiary/aromatic N) is 1. The zero-order chi connectivity index (χ0) is 61.4. The van der Waals surface area contributed by atoms with Crippen LogP contribution in [0.5, 0.6) is 0 Å². The Morgan fingerprint density at radius 1 is 0.417 bits per heavy atom. The minimum Gasteiger partial charge on any atom is -0.756 e. The van der Waals surface area contributed by atoms with Gasteiger partial charge in [0.2, 0.25) is 5.91 Å². The quantitative estimate of drug-likeness (QED) is 0.0212. The monoisotopic (exact) mass is 1190 g/mol. The number of phosphoric ester groups is 1. The van der Waals surface area contributed by atoms with Crippen LogP contribution in [0.2, 0.25) is 0 Å². The van der Waals surface area contributed by atoms with Gasteiger partial charge in [-0.25, -0.2) is 0 Å². The Morgan fingerprint density at radius 3 is 1.12 bits per heavy atom. The van der Waals surface area contributed by atoms with Gasteiger partial charge >= 0.3 is 5.97 Å². The van der Waals surface area contributed by atoms with Crippen LogP contribution in [-0.4, -0.2) is 69.4 Å². The van der Waals surface area contributed by atoms with Gasteiger partial charge in [0, 0.05) is 12.8 Å². The topological polar surface area (TPSA) is 114 Å². The predicted molar refractivity (Wildman–Crippen MR) is 362 cm³/mol. The van der Waals surface area contributed by atoms with Crippen LogP contribution in [0.3, 0.4) is 0 Å². The second-order valence-electron chi connectivity index (χ2n) is 24.7. The first-order chi connectivity index (χ1) is 40.9. The van der Waals surface area contributed by atoms with E-state index >= 15 is 0 Å².